The first kappa shape index (κ1) is 16.2. The number of carbonyl (C=O) groups excluding carboxylic acids is 1. The Morgan fingerprint density at radius 2 is 2.00 bits per heavy atom. The van der Waals surface area contributed by atoms with Crippen LogP contribution in [0.25, 0.3) is 11.3 Å². The summed E-state index contributed by atoms with van der Waals surface area (Å²) in [5, 5.41) is 2.81. The van der Waals surface area contributed by atoms with Gasteiger partial charge in [-0.3, -0.25) is 4.79 Å². The van der Waals surface area contributed by atoms with E-state index in [0.717, 1.165) is 17.0 Å². The Kier molecular flexibility index (Phi) is 4.98. The third-order valence-corrected chi connectivity index (χ3v) is 3.18. The van der Waals surface area contributed by atoms with E-state index in [4.69, 9.17) is 10.2 Å². The smallest absolute Gasteiger partial charge is 0.220 e. The minimum atomic E-state index is -0.407. The fraction of sp³-hybridized carbons (Fsp3) is 0.412. The third kappa shape index (κ3) is 4.70. The molecule has 0 spiro atoms. The number of amides is 1. The fourth-order valence-electron chi connectivity index (χ4n) is 2.05. The molecule has 2 aromatic rings. The van der Waals surface area contributed by atoms with Crippen LogP contribution in [-0.4, -0.2) is 23.0 Å². The summed E-state index contributed by atoms with van der Waals surface area (Å²) in [6, 6.07) is 9.83. The molecule has 0 atom stereocenters. The van der Waals surface area contributed by atoms with Gasteiger partial charge in [0.2, 0.25) is 5.91 Å². The number of nitrogens with two attached hydrogens (primary N) is 1. The lowest BCUT2D eigenvalue weighted by Gasteiger charge is -2.18. The minimum Gasteiger partial charge on any atom is -0.440 e. The van der Waals surface area contributed by atoms with Crippen molar-refractivity contribution in [2.75, 3.05) is 6.54 Å². The largest absolute Gasteiger partial charge is 0.440 e. The van der Waals surface area contributed by atoms with E-state index in [0.29, 0.717) is 25.3 Å². The Hall–Kier alpha value is -2.14. The SMILES string of the molecule is Cc1nc(CCC(=O)NCC(C)(C)N)oc1-c1ccccc1. The second kappa shape index (κ2) is 6.75. The highest BCUT2D eigenvalue weighted by Gasteiger charge is 2.15. The molecule has 0 aliphatic rings. The third-order valence-electron chi connectivity index (χ3n) is 3.18. The van der Waals surface area contributed by atoms with Crippen molar-refractivity contribution in [3.8, 4) is 11.3 Å². The summed E-state index contributed by atoms with van der Waals surface area (Å²) in [7, 11) is 0. The van der Waals surface area contributed by atoms with Crippen molar-refractivity contribution in [1.82, 2.24) is 10.3 Å². The highest BCUT2D eigenvalue weighted by molar-refractivity contribution is 5.76. The lowest BCUT2D eigenvalue weighted by Crippen LogP contribution is -2.45. The molecule has 0 aliphatic heterocycles. The minimum absolute atomic E-state index is 0.0457. The van der Waals surface area contributed by atoms with Gasteiger partial charge in [0.25, 0.3) is 0 Å². The molecule has 5 heteroatoms. The molecule has 0 aliphatic carbocycles. The number of benzene rings is 1. The molecule has 0 saturated heterocycles. The number of aromatic nitrogens is 1. The van der Waals surface area contributed by atoms with E-state index in [2.05, 4.69) is 10.3 Å². The highest BCUT2D eigenvalue weighted by Crippen LogP contribution is 2.24. The number of aryl methyl sites for hydroxylation is 2. The van der Waals surface area contributed by atoms with Crippen LogP contribution < -0.4 is 11.1 Å². The Bertz CT molecular complexity index is 627. The maximum absolute atomic E-state index is 11.8. The topological polar surface area (TPSA) is 81.2 Å². The first-order valence-electron chi connectivity index (χ1n) is 7.42. The predicted octanol–water partition coefficient (Wildman–Crippen LogP) is 2.44. The molecule has 5 nitrogen and oxygen atoms in total. The van der Waals surface area contributed by atoms with E-state index >= 15 is 0 Å². The van der Waals surface area contributed by atoms with Gasteiger partial charge < -0.3 is 15.5 Å². The zero-order valence-electron chi connectivity index (χ0n) is 13.3. The van der Waals surface area contributed by atoms with Crippen LogP contribution in [0.1, 0.15) is 31.9 Å². The van der Waals surface area contributed by atoms with Gasteiger partial charge in [0.05, 0.1) is 5.69 Å². The van der Waals surface area contributed by atoms with Gasteiger partial charge in [-0.25, -0.2) is 4.98 Å². The van der Waals surface area contributed by atoms with Crippen molar-refractivity contribution in [3.05, 3.63) is 41.9 Å². The highest BCUT2D eigenvalue weighted by atomic mass is 16.4. The van der Waals surface area contributed by atoms with Gasteiger partial charge in [-0.1, -0.05) is 30.3 Å². The molecule has 22 heavy (non-hydrogen) atoms. The molecule has 0 fully saturated rings. The van der Waals surface area contributed by atoms with Gasteiger partial charge in [-0.05, 0) is 20.8 Å². The second-order valence-corrected chi connectivity index (χ2v) is 6.15. The molecule has 0 saturated carbocycles. The van der Waals surface area contributed by atoms with Crippen molar-refractivity contribution >= 4 is 5.91 Å². The van der Waals surface area contributed by atoms with Gasteiger partial charge >= 0.3 is 0 Å². The quantitative estimate of drug-likeness (QED) is 0.858. The maximum Gasteiger partial charge on any atom is 0.220 e. The van der Waals surface area contributed by atoms with E-state index in [9.17, 15) is 4.79 Å². The van der Waals surface area contributed by atoms with Crippen molar-refractivity contribution in [2.24, 2.45) is 5.73 Å². The zero-order valence-corrected chi connectivity index (χ0v) is 13.3. The van der Waals surface area contributed by atoms with Crippen LogP contribution >= 0.6 is 0 Å². The number of oxazole rings is 1. The first-order valence-corrected chi connectivity index (χ1v) is 7.42. The molecule has 0 unspecified atom stereocenters. The Morgan fingerprint density at radius 1 is 1.32 bits per heavy atom. The predicted molar refractivity (Wildman–Crippen MR) is 86.3 cm³/mol. The van der Waals surface area contributed by atoms with E-state index < -0.39 is 5.54 Å². The molecule has 1 amide bonds. The van der Waals surface area contributed by atoms with Gasteiger partial charge in [0.1, 0.15) is 0 Å². The van der Waals surface area contributed by atoms with Crippen molar-refractivity contribution in [2.45, 2.75) is 39.2 Å². The van der Waals surface area contributed by atoms with Gasteiger partial charge in [-0.15, -0.1) is 0 Å². The number of nitrogens with one attached hydrogen (secondary N) is 1. The standard InChI is InChI=1S/C17H23N3O2/c1-12-16(13-7-5-4-6-8-13)22-15(20-12)10-9-14(21)19-11-17(2,3)18/h4-8H,9-11,18H2,1-3H3,(H,19,21). The number of nitrogens with zero attached hydrogens (tertiary/aromatic N) is 1. The van der Waals surface area contributed by atoms with E-state index in [1.165, 1.54) is 0 Å². The van der Waals surface area contributed by atoms with Crippen molar-refractivity contribution in [3.63, 3.8) is 0 Å². The molecular formula is C17H23N3O2. The normalized spacial score (nSPS) is 11.5. The number of carbonyl (C=O) groups is 1. The average Bonchev–Trinajstić information content (AvgIpc) is 2.84. The van der Waals surface area contributed by atoms with Gasteiger partial charge in [0, 0.05) is 30.5 Å². The summed E-state index contributed by atoms with van der Waals surface area (Å²) >= 11 is 0. The van der Waals surface area contributed by atoms with Gasteiger partial charge in [0.15, 0.2) is 11.7 Å². The monoisotopic (exact) mass is 301 g/mol. The molecule has 0 radical (unpaired) electrons. The number of rotatable bonds is 6. The van der Waals surface area contributed by atoms with Crippen LogP contribution in [0.15, 0.2) is 34.7 Å². The number of hydrogen-bond acceptors (Lipinski definition) is 4. The molecule has 2 rings (SSSR count). The lowest BCUT2D eigenvalue weighted by atomic mass is 10.1. The van der Waals surface area contributed by atoms with Crippen molar-refractivity contribution in [1.29, 1.82) is 0 Å². The first-order chi connectivity index (χ1) is 10.3. The Morgan fingerprint density at radius 3 is 2.64 bits per heavy atom. The van der Waals surface area contributed by atoms with Crippen LogP contribution in [0.3, 0.4) is 0 Å². The molecule has 1 heterocycles. The van der Waals surface area contributed by atoms with Crippen LogP contribution in [0.2, 0.25) is 0 Å². The van der Waals surface area contributed by atoms with E-state index in [1.54, 1.807) is 0 Å². The fourth-order valence-corrected chi connectivity index (χ4v) is 2.05. The lowest BCUT2D eigenvalue weighted by molar-refractivity contribution is -0.121. The second-order valence-electron chi connectivity index (χ2n) is 6.15. The Labute approximate surface area is 130 Å². The van der Waals surface area contributed by atoms with Crippen LogP contribution in [0.5, 0.6) is 0 Å². The van der Waals surface area contributed by atoms with Crippen LogP contribution in [-0.2, 0) is 11.2 Å². The summed E-state index contributed by atoms with van der Waals surface area (Å²) in [6.45, 7) is 6.10. The number of hydrogen-bond donors (Lipinski definition) is 2. The summed E-state index contributed by atoms with van der Waals surface area (Å²) in [5.41, 5.74) is 7.26. The average molecular weight is 301 g/mol. The summed E-state index contributed by atoms with van der Waals surface area (Å²) in [4.78, 5) is 16.2. The maximum atomic E-state index is 11.8. The van der Waals surface area contributed by atoms with E-state index in [1.807, 2.05) is 51.1 Å². The molecule has 118 valence electrons. The molecular weight excluding hydrogens is 278 g/mol. The van der Waals surface area contributed by atoms with Gasteiger partial charge in [-0.2, -0.15) is 0 Å². The van der Waals surface area contributed by atoms with Crippen molar-refractivity contribution < 1.29 is 9.21 Å². The summed E-state index contributed by atoms with van der Waals surface area (Å²) < 4.78 is 5.78. The molecule has 3 N–H and O–H groups in total. The summed E-state index contributed by atoms with van der Waals surface area (Å²) in [5.74, 6) is 1.30. The zero-order chi connectivity index (χ0) is 16.2. The summed E-state index contributed by atoms with van der Waals surface area (Å²) in [6.07, 6.45) is 0.814. The van der Waals surface area contributed by atoms with Crippen LogP contribution in [0, 0.1) is 6.92 Å². The van der Waals surface area contributed by atoms with E-state index in [-0.39, 0.29) is 5.91 Å². The van der Waals surface area contributed by atoms with Crippen LogP contribution in [0.4, 0.5) is 0 Å². The Balaban J connectivity index is 1.93. The molecule has 1 aromatic carbocycles. The molecule has 0 bridgehead atoms. The molecule has 1 aromatic heterocycles.